The number of nitrogens with one attached hydrogen (secondary N) is 1. The van der Waals surface area contributed by atoms with Gasteiger partial charge in [-0.15, -0.1) is 0 Å². The van der Waals surface area contributed by atoms with Crippen LogP contribution in [-0.4, -0.2) is 48.8 Å². The number of benzene rings is 1. The van der Waals surface area contributed by atoms with E-state index in [4.69, 9.17) is 21.1 Å². The number of rotatable bonds is 4. The maximum absolute atomic E-state index is 12.6. The number of hydrogen-bond donors (Lipinski definition) is 1. The van der Waals surface area contributed by atoms with Crippen LogP contribution < -0.4 is 14.8 Å². The summed E-state index contributed by atoms with van der Waals surface area (Å²) in [5.74, 6) is 1.46. The van der Waals surface area contributed by atoms with Gasteiger partial charge in [0.1, 0.15) is 5.82 Å². The van der Waals surface area contributed by atoms with Crippen molar-refractivity contribution in [1.29, 1.82) is 0 Å². The van der Waals surface area contributed by atoms with Gasteiger partial charge in [-0.3, -0.25) is 4.79 Å². The number of nitrogens with zero attached hydrogens (tertiary/aromatic N) is 2. The predicted molar refractivity (Wildman–Crippen MR) is 109 cm³/mol. The Morgan fingerprint density at radius 2 is 2.10 bits per heavy atom. The number of aromatic nitrogens is 2. The smallest absolute Gasteiger partial charge is 0.229 e. The Labute approximate surface area is 174 Å². The summed E-state index contributed by atoms with van der Waals surface area (Å²) in [6.07, 6.45) is 1.34. The van der Waals surface area contributed by atoms with Crippen molar-refractivity contribution < 1.29 is 22.7 Å². The lowest BCUT2D eigenvalue weighted by Crippen LogP contribution is -2.20. The zero-order chi connectivity index (χ0) is 20.6. The van der Waals surface area contributed by atoms with Crippen LogP contribution in [0.5, 0.6) is 11.5 Å². The number of aryl methyl sites for hydroxylation is 1. The molecule has 0 spiro atoms. The summed E-state index contributed by atoms with van der Waals surface area (Å²) in [6.45, 7) is 2.87. The van der Waals surface area contributed by atoms with Crippen LogP contribution in [0.15, 0.2) is 18.2 Å². The third-order valence-electron chi connectivity index (χ3n) is 4.91. The Bertz CT molecular complexity index is 1050. The molecule has 0 saturated carbocycles. The van der Waals surface area contributed by atoms with Crippen molar-refractivity contribution in [3.05, 3.63) is 34.5 Å². The summed E-state index contributed by atoms with van der Waals surface area (Å²) in [6, 6.07) is 4.93. The first-order valence-corrected chi connectivity index (χ1v) is 11.6. The van der Waals surface area contributed by atoms with Gasteiger partial charge >= 0.3 is 0 Å². The second-order valence-corrected chi connectivity index (χ2v) is 9.99. The van der Waals surface area contributed by atoms with Crippen molar-refractivity contribution in [3.8, 4) is 11.5 Å². The molecule has 1 aromatic carbocycles. The number of fused-ring (bicyclic) bond motifs is 1. The van der Waals surface area contributed by atoms with E-state index in [0.29, 0.717) is 53.2 Å². The first-order chi connectivity index (χ1) is 13.8. The lowest BCUT2D eigenvalue weighted by molar-refractivity contribution is -0.115. The molecule has 156 valence electrons. The Morgan fingerprint density at radius 1 is 1.31 bits per heavy atom. The number of carbonyl (C=O) groups is 1. The molecular formula is C19H22ClN3O5S. The van der Waals surface area contributed by atoms with Gasteiger partial charge in [-0.1, -0.05) is 11.6 Å². The maximum atomic E-state index is 12.6. The van der Waals surface area contributed by atoms with Crippen LogP contribution in [0.1, 0.15) is 30.1 Å². The van der Waals surface area contributed by atoms with Crippen molar-refractivity contribution >= 4 is 33.2 Å². The number of sulfone groups is 1. The number of hydrogen-bond acceptors (Lipinski definition) is 6. The topological polar surface area (TPSA) is 99.5 Å². The molecule has 29 heavy (non-hydrogen) atoms. The molecule has 0 aliphatic carbocycles. The lowest BCUT2D eigenvalue weighted by atomic mass is 10.1. The van der Waals surface area contributed by atoms with Gasteiger partial charge in [0, 0.05) is 12.5 Å². The maximum Gasteiger partial charge on any atom is 0.229 e. The third kappa shape index (κ3) is 4.51. The first-order valence-electron chi connectivity index (χ1n) is 9.45. The summed E-state index contributed by atoms with van der Waals surface area (Å²) < 4.78 is 36.5. The molecule has 2 aromatic rings. The van der Waals surface area contributed by atoms with Crippen LogP contribution in [0.4, 0.5) is 5.82 Å². The Balaban J connectivity index is 1.50. The highest BCUT2D eigenvalue weighted by molar-refractivity contribution is 7.91. The molecule has 0 unspecified atom stereocenters. The summed E-state index contributed by atoms with van der Waals surface area (Å²) in [5.41, 5.74) is 1.41. The van der Waals surface area contributed by atoms with Gasteiger partial charge in [0.15, 0.2) is 21.3 Å². The minimum atomic E-state index is -3.06. The Morgan fingerprint density at radius 3 is 2.86 bits per heavy atom. The van der Waals surface area contributed by atoms with E-state index in [1.165, 1.54) is 0 Å². The van der Waals surface area contributed by atoms with E-state index in [2.05, 4.69) is 10.4 Å². The second-order valence-electron chi connectivity index (χ2n) is 7.35. The van der Waals surface area contributed by atoms with Crippen molar-refractivity contribution in [2.24, 2.45) is 0 Å². The van der Waals surface area contributed by atoms with Crippen LogP contribution >= 0.6 is 11.6 Å². The van der Waals surface area contributed by atoms with Gasteiger partial charge in [-0.25, -0.2) is 13.1 Å². The molecular weight excluding hydrogens is 418 g/mol. The number of halogens is 1. The molecule has 1 N–H and O–H groups in total. The van der Waals surface area contributed by atoms with Crippen LogP contribution in [0.25, 0.3) is 0 Å². The SMILES string of the molecule is Cc1cc(NC(=O)Cc2cc(Cl)c3c(c2)OCCCO3)n([C@H]2CCS(=O)(=O)C2)n1. The number of carbonyl (C=O) groups excluding carboxylic acids is 1. The van der Waals surface area contributed by atoms with E-state index in [1.807, 2.05) is 0 Å². The molecule has 0 radical (unpaired) electrons. The monoisotopic (exact) mass is 439 g/mol. The van der Waals surface area contributed by atoms with Crippen molar-refractivity contribution in [2.75, 3.05) is 30.0 Å². The third-order valence-corrected chi connectivity index (χ3v) is 6.94. The second kappa shape index (κ2) is 7.87. The van der Waals surface area contributed by atoms with Crippen molar-refractivity contribution in [1.82, 2.24) is 9.78 Å². The van der Waals surface area contributed by atoms with E-state index in [0.717, 1.165) is 6.42 Å². The highest BCUT2D eigenvalue weighted by atomic mass is 35.5. The average molecular weight is 440 g/mol. The first kappa shape index (κ1) is 20.0. The molecule has 1 saturated heterocycles. The predicted octanol–water partition coefficient (Wildman–Crippen LogP) is 2.55. The fourth-order valence-electron chi connectivity index (χ4n) is 3.62. The summed E-state index contributed by atoms with van der Waals surface area (Å²) in [5, 5.41) is 7.63. The molecule has 10 heteroatoms. The molecule has 3 heterocycles. The van der Waals surface area contributed by atoms with Gasteiger partial charge in [0.05, 0.1) is 47.9 Å². The summed E-state index contributed by atoms with van der Waals surface area (Å²) >= 11 is 6.30. The van der Waals surface area contributed by atoms with Crippen molar-refractivity contribution in [3.63, 3.8) is 0 Å². The van der Waals surface area contributed by atoms with Crippen LogP contribution in [0.2, 0.25) is 5.02 Å². The minimum absolute atomic E-state index is 0.0365. The van der Waals surface area contributed by atoms with Gasteiger partial charge < -0.3 is 14.8 Å². The zero-order valence-electron chi connectivity index (χ0n) is 16.0. The minimum Gasteiger partial charge on any atom is -0.489 e. The largest absolute Gasteiger partial charge is 0.489 e. The van der Waals surface area contributed by atoms with Crippen LogP contribution in [-0.2, 0) is 21.1 Å². The average Bonchev–Trinajstić information content (AvgIpc) is 3.07. The molecule has 1 atom stereocenters. The Kier molecular flexibility index (Phi) is 5.44. The highest BCUT2D eigenvalue weighted by Crippen LogP contribution is 2.38. The van der Waals surface area contributed by atoms with Crippen LogP contribution in [0, 0.1) is 6.92 Å². The zero-order valence-corrected chi connectivity index (χ0v) is 17.6. The molecule has 1 amide bonds. The molecule has 2 aliphatic heterocycles. The molecule has 1 fully saturated rings. The van der Waals surface area contributed by atoms with Crippen molar-refractivity contribution in [2.45, 2.75) is 32.2 Å². The van der Waals surface area contributed by atoms with Gasteiger partial charge in [0.2, 0.25) is 5.91 Å². The number of anilines is 1. The van der Waals surface area contributed by atoms with Gasteiger partial charge in [-0.05, 0) is 31.0 Å². The highest BCUT2D eigenvalue weighted by Gasteiger charge is 2.31. The van der Waals surface area contributed by atoms with E-state index < -0.39 is 9.84 Å². The van der Waals surface area contributed by atoms with Gasteiger partial charge in [0.25, 0.3) is 0 Å². The molecule has 8 nitrogen and oxygen atoms in total. The molecule has 4 rings (SSSR count). The van der Waals surface area contributed by atoms with E-state index in [9.17, 15) is 13.2 Å². The normalized spacial score (nSPS) is 20.3. The fourth-order valence-corrected chi connectivity index (χ4v) is 5.60. The van der Waals surface area contributed by atoms with Gasteiger partial charge in [-0.2, -0.15) is 5.10 Å². The quantitative estimate of drug-likeness (QED) is 0.785. The van der Waals surface area contributed by atoms with E-state index in [-0.39, 0.29) is 29.9 Å². The molecule has 2 aliphatic rings. The Hall–Kier alpha value is -2.26. The number of amides is 1. The standard InChI is InChI=1S/C19H22ClN3O5S/c1-12-7-17(23(22-12)14-3-6-29(25,26)11-14)21-18(24)10-13-8-15(20)19-16(9-13)27-4-2-5-28-19/h7-9,14H,2-6,10-11H2,1H3,(H,21,24)/t14-/m0/s1. The van der Waals surface area contributed by atoms with E-state index >= 15 is 0 Å². The number of ether oxygens (including phenoxy) is 2. The fraction of sp³-hybridized carbons (Fsp3) is 0.474. The summed E-state index contributed by atoms with van der Waals surface area (Å²) in [4.78, 5) is 12.6. The molecule has 1 aromatic heterocycles. The summed E-state index contributed by atoms with van der Waals surface area (Å²) in [7, 11) is -3.06. The van der Waals surface area contributed by atoms with Crippen LogP contribution in [0.3, 0.4) is 0 Å². The van der Waals surface area contributed by atoms with E-state index in [1.54, 1.807) is 29.8 Å². The molecule has 0 bridgehead atoms. The lowest BCUT2D eigenvalue weighted by Gasteiger charge is -2.14.